The number of hydrogen-bond acceptors (Lipinski definition) is 8. The van der Waals surface area contributed by atoms with E-state index in [-0.39, 0.29) is 13.2 Å². The molecule has 0 bridgehead atoms. The van der Waals surface area contributed by atoms with Crippen molar-refractivity contribution in [1.29, 1.82) is 0 Å². The molecule has 0 spiro atoms. The largest absolute Gasteiger partial charge is 0.451 e. The highest BCUT2D eigenvalue weighted by molar-refractivity contribution is 5.86. The Bertz CT molecular complexity index is 449. The van der Waals surface area contributed by atoms with Crippen molar-refractivity contribution >= 4 is 17.9 Å². The van der Waals surface area contributed by atoms with Gasteiger partial charge in [0.15, 0.2) is 18.8 Å². The quantitative estimate of drug-likeness (QED) is 0.377. The van der Waals surface area contributed by atoms with Crippen LogP contribution >= 0.6 is 0 Å². The summed E-state index contributed by atoms with van der Waals surface area (Å²) in [7, 11) is 0. The molecule has 1 rings (SSSR count). The standard InChI is InChI=1S/C6H8O4.C6H8O3.C3H4O/c1-3-5(7)10-4(2)6(8)9-3;1-3-4-9-6(8)5(2)7;1-2-3-4/h3-4H,1-2H3;1,5,7H,4H2,2H3;1,4H,3H2. The minimum Gasteiger partial charge on any atom is -0.451 e. The number of rotatable bonds is 2. The molecule has 0 aromatic carbocycles. The number of terminal acetylenes is 2. The maximum Gasteiger partial charge on any atom is 0.347 e. The molecule has 2 N–H and O–H groups in total. The van der Waals surface area contributed by atoms with Crippen LogP contribution in [0, 0.1) is 24.7 Å². The topological polar surface area (TPSA) is 119 Å². The highest BCUT2D eigenvalue weighted by Crippen LogP contribution is 2.08. The zero-order valence-corrected chi connectivity index (χ0v) is 13.1. The molecule has 8 nitrogen and oxygen atoms in total. The molecule has 0 aromatic rings. The van der Waals surface area contributed by atoms with E-state index in [1.165, 1.54) is 20.8 Å². The average molecular weight is 328 g/mol. The van der Waals surface area contributed by atoms with Crippen LogP contribution in [0.15, 0.2) is 0 Å². The first-order chi connectivity index (χ1) is 10.7. The maximum absolute atomic E-state index is 10.7. The predicted molar refractivity (Wildman–Crippen MR) is 78.5 cm³/mol. The molecule has 0 aliphatic carbocycles. The van der Waals surface area contributed by atoms with E-state index in [2.05, 4.69) is 26.6 Å². The van der Waals surface area contributed by atoms with Crippen LogP contribution in [0.25, 0.3) is 0 Å². The van der Waals surface area contributed by atoms with Crippen molar-refractivity contribution in [3.05, 3.63) is 0 Å². The normalized spacial score (nSPS) is 19.8. The number of aliphatic hydroxyl groups excluding tert-OH is 2. The Hall–Kier alpha value is -2.55. The third-order valence-corrected chi connectivity index (χ3v) is 1.98. The third-order valence-electron chi connectivity index (χ3n) is 1.98. The van der Waals surface area contributed by atoms with Crippen LogP contribution in [0.2, 0.25) is 0 Å². The Morgan fingerprint density at radius 1 is 1.22 bits per heavy atom. The zero-order chi connectivity index (χ0) is 18.4. The number of carbonyl (C=O) groups excluding carboxylic acids is 3. The van der Waals surface area contributed by atoms with Gasteiger partial charge in [0.2, 0.25) is 0 Å². The van der Waals surface area contributed by atoms with Gasteiger partial charge in [0.25, 0.3) is 0 Å². The smallest absolute Gasteiger partial charge is 0.347 e. The lowest BCUT2D eigenvalue weighted by molar-refractivity contribution is -0.191. The van der Waals surface area contributed by atoms with Gasteiger partial charge < -0.3 is 24.4 Å². The minimum atomic E-state index is -1.08. The molecular formula is C15H20O8. The van der Waals surface area contributed by atoms with Crippen LogP contribution in [0.1, 0.15) is 20.8 Å². The summed E-state index contributed by atoms with van der Waals surface area (Å²) in [5.74, 6) is 2.44. The number of aliphatic hydroxyl groups is 2. The van der Waals surface area contributed by atoms with Crippen LogP contribution in [-0.4, -0.2) is 59.6 Å². The summed E-state index contributed by atoms with van der Waals surface area (Å²) in [6, 6.07) is 0. The van der Waals surface area contributed by atoms with E-state index < -0.39 is 36.2 Å². The minimum absolute atomic E-state index is 0.0796. The van der Waals surface area contributed by atoms with Gasteiger partial charge in [-0.25, -0.2) is 14.4 Å². The molecule has 1 fully saturated rings. The third kappa shape index (κ3) is 11.8. The van der Waals surface area contributed by atoms with Crippen molar-refractivity contribution < 1.29 is 38.8 Å². The molecule has 0 amide bonds. The van der Waals surface area contributed by atoms with Gasteiger partial charge in [0, 0.05) is 0 Å². The summed E-state index contributed by atoms with van der Waals surface area (Å²) in [5, 5.41) is 16.1. The van der Waals surface area contributed by atoms with Gasteiger partial charge in [-0.2, -0.15) is 0 Å². The summed E-state index contributed by atoms with van der Waals surface area (Å²) in [4.78, 5) is 31.6. The second-order valence-corrected chi connectivity index (χ2v) is 4.01. The summed E-state index contributed by atoms with van der Waals surface area (Å²) >= 11 is 0. The fraction of sp³-hybridized carbons (Fsp3) is 0.533. The van der Waals surface area contributed by atoms with Crippen LogP contribution < -0.4 is 0 Å². The van der Waals surface area contributed by atoms with Crippen molar-refractivity contribution in [2.75, 3.05) is 13.2 Å². The molecule has 3 unspecified atom stereocenters. The van der Waals surface area contributed by atoms with Crippen molar-refractivity contribution in [3.63, 3.8) is 0 Å². The highest BCUT2D eigenvalue weighted by atomic mass is 16.6. The molecule has 1 aliphatic heterocycles. The monoisotopic (exact) mass is 328 g/mol. The summed E-state index contributed by atoms with van der Waals surface area (Å²) in [5.41, 5.74) is 0. The zero-order valence-electron chi connectivity index (χ0n) is 13.1. The molecule has 1 aliphatic rings. The molecule has 128 valence electrons. The molecular weight excluding hydrogens is 308 g/mol. The van der Waals surface area contributed by atoms with Gasteiger partial charge in [-0.15, -0.1) is 12.8 Å². The van der Waals surface area contributed by atoms with Gasteiger partial charge in [-0.05, 0) is 20.8 Å². The predicted octanol–water partition coefficient (Wildman–Crippen LogP) is -0.981. The van der Waals surface area contributed by atoms with Crippen LogP contribution in [0.3, 0.4) is 0 Å². The molecule has 3 atom stereocenters. The van der Waals surface area contributed by atoms with Crippen LogP contribution in [0.4, 0.5) is 0 Å². The van der Waals surface area contributed by atoms with Gasteiger partial charge in [-0.1, -0.05) is 11.8 Å². The van der Waals surface area contributed by atoms with Gasteiger partial charge >= 0.3 is 17.9 Å². The van der Waals surface area contributed by atoms with E-state index in [0.29, 0.717) is 0 Å². The fourth-order valence-corrected chi connectivity index (χ4v) is 0.870. The maximum atomic E-state index is 10.7. The van der Waals surface area contributed by atoms with Gasteiger partial charge in [-0.3, -0.25) is 0 Å². The molecule has 0 saturated carbocycles. The summed E-state index contributed by atoms with van der Waals surface area (Å²) in [6.45, 7) is 4.04. The lowest BCUT2D eigenvalue weighted by Gasteiger charge is -2.22. The molecule has 0 radical (unpaired) electrons. The highest BCUT2D eigenvalue weighted by Gasteiger charge is 2.32. The lowest BCUT2D eigenvalue weighted by Crippen LogP contribution is -2.40. The van der Waals surface area contributed by atoms with E-state index in [1.807, 2.05) is 5.92 Å². The number of carbonyl (C=O) groups is 3. The Balaban J connectivity index is 0. The number of cyclic esters (lactones) is 2. The van der Waals surface area contributed by atoms with E-state index in [4.69, 9.17) is 16.6 Å². The Kier molecular flexibility index (Phi) is 13.0. The van der Waals surface area contributed by atoms with Crippen molar-refractivity contribution in [2.24, 2.45) is 0 Å². The van der Waals surface area contributed by atoms with Crippen molar-refractivity contribution in [1.82, 2.24) is 0 Å². The molecule has 23 heavy (non-hydrogen) atoms. The van der Waals surface area contributed by atoms with Crippen LogP contribution in [-0.2, 0) is 28.6 Å². The van der Waals surface area contributed by atoms with E-state index >= 15 is 0 Å². The summed E-state index contributed by atoms with van der Waals surface area (Å²) in [6.07, 6.45) is 6.72. The Morgan fingerprint density at radius 3 is 1.87 bits per heavy atom. The first kappa shape index (κ1) is 22.7. The molecule has 1 saturated heterocycles. The van der Waals surface area contributed by atoms with Gasteiger partial charge in [0.05, 0.1) is 0 Å². The lowest BCUT2D eigenvalue weighted by atomic mass is 10.3. The molecule has 0 aromatic heterocycles. The number of esters is 3. The average Bonchev–Trinajstić information content (AvgIpc) is 2.51. The second kappa shape index (κ2) is 13.1. The van der Waals surface area contributed by atoms with E-state index in [0.717, 1.165) is 0 Å². The van der Waals surface area contributed by atoms with Crippen molar-refractivity contribution in [3.8, 4) is 24.7 Å². The van der Waals surface area contributed by atoms with Crippen molar-refractivity contribution in [2.45, 2.75) is 39.1 Å². The first-order valence-electron chi connectivity index (χ1n) is 6.44. The first-order valence-corrected chi connectivity index (χ1v) is 6.44. The number of ether oxygens (including phenoxy) is 3. The number of hydrogen-bond donors (Lipinski definition) is 2. The molecule has 1 heterocycles. The Morgan fingerprint density at radius 2 is 1.61 bits per heavy atom. The van der Waals surface area contributed by atoms with E-state index in [1.54, 1.807) is 0 Å². The van der Waals surface area contributed by atoms with E-state index in [9.17, 15) is 14.4 Å². The van der Waals surface area contributed by atoms with Crippen LogP contribution in [0.5, 0.6) is 0 Å². The summed E-state index contributed by atoms with van der Waals surface area (Å²) < 4.78 is 13.5. The fourth-order valence-electron chi connectivity index (χ4n) is 0.870. The SMILES string of the molecule is C#CCO.C#CCOC(=O)C(C)O.CC1OC(=O)C(C)OC1=O. The van der Waals surface area contributed by atoms with Gasteiger partial charge in [0.1, 0.15) is 12.7 Å². The molecule has 8 heteroatoms. The second-order valence-electron chi connectivity index (χ2n) is 4.01. The Labute approximate surface area is 134 Å².